The van der Waals surface area contributed by atoms with Crippen LogP contribution in [0.5, 0.6) is 11.5 Å². The molecule has 2 aromatic rings. The van der Waals surface area contributed by atoms with Crippen LogP contribution in [0.15, 0.2) is 41.3 Å². The van der Waals surface area contributed by atoms with Gasteiger partial charge in [0.2, 0.25) is 10.0 Å². The van der Waals surface area contributed by atoms with Gasteiger partial charge in [-0.2, -0.15) is 4.31 Å². The van der Waals surface area contributed by atoms with Crippen molar-refractivity contribution < 1.29 is 32.2 Å². The summed E-state index contributed by atoms with van der Waals surface area (Å²) in [6.45, 7) is 0.769. The monoisotopic (exact) mass is 497 g/mol. The van der Waals surface area contributed by atoms with Crippen LogP contribution in [0.1, 0.15) is 15.9 Å². The van der Waals surface area contributed by atoms with Crippen molar-refractivity contribution in [2.45, 2.75) is 11.4 Å². The third-order valence-electron chi connectivity index (χ3n) is 4.85. The van der Waals surface area contributed by atoms with Crippen molar-refractivity contribution in [2.75, 3.05) is 40.0 Å². The number of methoxy groups -OCH3 is 1. The first-order chi connectivity index (χ1) is 15.7. The molecule has 2 amide bonds. The number of halogens is 1. The lowest BCUT2D eigenvalue weighted by atomic mass is 10.1. The molecular formula is C21H24ClN3O7S. The molecule has 3 rings (SSSR count). The Morgan fingerprint density at radius 2 is 1.91 bits per heavy atom. The molecule has 1 fully saturated rings. The number of ether oxygens (including phenoxy) is 3. The van der Waals surface area contributed by atoms with Crippen LogP contribution >= 0.6 is 11.6 Å². The van der Waals surface area contributed by atoms with Crippen LogP contribution in [-0.2, 0) is 26.1 Å². The molecule has 0 saturated carbocycles. The maximum atomic E-state index is 13.1. The van der Waals surface area contributed by atoms with Gasteiger partial charge in [-0.25, -0.2) is 8.42 Å². The topological polar surface area (TPSA) is 137 Å². The van der Waals surface area contributed by atoms with Crippen molar-refractivity contribution in [1.29, 1.82) is 0 Å². The van der Waals surface area contributed by atoms with Crippen LogP contribution in [0.25, 0.3) is 0 Å². The molecule has 0 aliphatic carbocycles. The lowest BCUT2D eigenvalue weighted by molar-refractivity contribution is -0.119. The summed E-state index contributed by atoms with van der Waals surface area (Å²) in [7, 11) is -2.38. The van der Waals surface area contributed by atoms with Crippen molar-refractivity contribution in [3.05, 3.63) is 52.5 Å². The predicted octanol–water partition coefficient (Wildman–Crippen LogP) is 1.16. The molecule has 0 aromatic heterocycles. The van der Waals surface area contributed by atoms with E-state index in [-0.39, 0.29) is 46.6 Å². The number of amides is 2. The first-order valence-corrected chi connectivity index (χ1v) is 11.8. The molecule has 178 valence electrons. The van der Waals surface area contributed by atoms with Gasteiger partial charge in [-0.15, -0.1) is 0 Å². The lowest BCUT2D eigenvalue weighted by Gasteiger charge is -2.27. The standard InChI is InChI=1S/C21H24ClN3O7S/c1-30-17-11-15(10-16(22)20(17)32-13-19(23)26)21(27)24-12-14-4-2-3-5-18(14)33(28,29)25-6-8-31-9-7-25/h2-5,10-11H,6-9,12-13H2,1H3,(H2,23,26)(H,24,27). The number of nitrogens with two attached hydrogens (primary N) is 1. The molecule has 12 heteroatoms. The Kier molecular flexibility index (Phi) is 8.14. The van der Waals surface area contributed by atoms with Crippen molar-refractivity contribution in [2.24, 2.45) is 5.73 Å². The summed E-state index contributed by atoms with van der Waals surface area (Å²) in [5.74, 6) is -0.975. The summed E-state index contributed by atoms with van der Waals surface area (Å²) in [5, 5.41) is 2.76. The number of nitrogens with zero attached hydrogens (tertiary/aromatic N) is 1. The second-order valence-electron chi connectivity index (χ2n) is 7.05. The van der Waals surface area contributed by atoms with E-state index >= 15 is 0 Å². The molecule has 0 unspecified atom stereocenters. The molecular weight excluding hydrogens is 474 g/mol. The Morgan fingerprint density at radius 3 is 2.58 bits per heavy atom. The Balaban J connectivity index is 1.78. The van der Waals surface area contributed by atoms with E-state index in [1.54, 1.807) is 18.2 Å². The maximum Gasteiger partial charge on any atom is 0.255 e. The van der Waals surface area contributed by atoms with Gasteiger partial charge in [-0.1, -0.05) is 29.8 Å². The van der Waals surface area contributed by atoms with E-state index in [1.165, 1.54) is 29.6 Å². The number of hydrogen-bond acceptors (Lipinski definition) is 7. The van der Waals surface area contributed by atoms with Gasteiger partial charge in [0.15, 0.2) is 18.1 Å². The number of sulfonamides is 1. The number of carbonyl (C=O) groups is 2. The molecule has 1 aliphatic rings. The molecule has 1 heterocycles. The summed E-state index contributed by atoms with van der Waals surface area (Å²) >= 11 is 6.20. The maximum absolute atomic E-state index is 13.1. The Labute approximate surface area is 196 Å². The quantitative estimate of drug-likeness (QED) is 0.530. The van der Waals surface area contributed by atoms with Crippen molar-refractivity contribution in [1.82, 2.24) is 9.62 Å². The van der Waals surface area contributed by atoms with Gasteiger partial charge in [0.05, 0.1) is 30.2 Å². The van der Waals surface area contributed by atoms with Gasteiger partial charge < -0.3 is 25.3 Å². The fourth-order valence-corrected chi connectivity index (χ4v) is 5.13. The number of carbonyl (C=O) groups excluding carboxylic acids is 2. The molecule has 0 atom stereocenters. The lowest BCUT2D eigenvalue weighted by Crippen LogP contribution is -2.41. The first kappa shape index (κ1) is 24.8. The highest BCUT2D eigenvalue weighted by Gasteiger charge is 2.28. The highest BCUT2D eigenvalue weighted by molar-refractivity contribution is 7.89. The summed E-state index contributed by atoms with van der Waals surface area (Å²) in [6.07, 6.45) is 0. The summed E-state index contributed by atoms with van der Waals surface area (Å²) in [6, 6.07) is 9.23. The molecule has 33 heavy (non-hydrogen) atoms. The summed E-state index contributed by atoms with van der Waals surface area (Å²) < 4.78 is 43.2. The second-order valence-corrected chi connectivity index (χ2v) is 9.36. The van der Waals surface area contributed by atoms with Gasteiger partial charge >= 0.3 is 0 Å². The Bertz CT molecular complexity index is 1130. The van der Waals surface area contributed by atoms with Crippen LogP contribution < -0.4 is 20.5 Å². The van der Waals surface area contributed by atoms with Crippen molar-refractivity contribution in [3.8, 4) is 11.5 Å². The van der Waals surface area contributed by atoms with Gasteiger partial charge in [0.1, 0.15) is 0 Å². The van der Waals surface area contributed by atoms with Crippen molar-refractivity contribution in [3.63, 3.8) is 0 Å². The van der Waals surface area contributed by atoms with Gasteiger partial charge in [0.25, 0.3) is 11.8 Å². The zero-order chi connectivity index (χ0) is 24.0. The van der Waals surface area contributed by atoms with E-state index in [1.807, 2.05) is 0 Å². The third kappa shape index (κ3) is 5.93. The Hall–Kier alpha value is -2.86. The molecule has 0 radical (unpaired) electrons. The molecule has 3 N–H and O–H groups in total. The number of nitrogens with one attached hydrogen (secondary N) is 1. The van der Waals surface area contributed by atoms with Crippen LogP contribution in [0.2, 0.25) is 5.02 Å². The minimum Gasteiger partial charge on any atom is -0.493 e. The SMILES string of the molecule is COc1cc(C(=O)NCc2ccccc2S(=O)(=O)N2CCOCC2)cc(Cl)c1OCC(N)=O. The summed E-state index contributed by atoms with van der Waals surface area (Å²) in [4.78, 5) is 23.9. The average Bonchev–Trinajstić information content (AvgIpc) is 2.81. The molecule has 2 aromatic carbocycles. The van der Waals surface area contributed by atoms with E-state index in [9.17, 15) is 18.0 Å². The first-order valence-electron chi connectivity index (χ1n) is 9.96. The fraction of sp³-hybridized carbons (Fsp3) is 0.333. The number of primary amides is 1. The highest BCUT2D eigenvalue weighted by atomic mass is 35.5. The normalized spacial score (nSPS) is 14.5. The average molecular weight is 498 g/mol. The van der Waals surface area contributed by atoms with E-state index in [0.717, 1.165) is 0 Å². The minimum absolute atomic E-state index is 0.0293. The van der Waals surface area contributed by atoms with E-state index in [4.69, 9.17) is 31.5 Å². The van der Waals surface area contributed by atoms with Gasteiger partial charge in [-0.3, -0.25) is 9.59 Å². The van der Waals surface area contributed by atoms with E-state index in [2.05, 4.69) is 5.32 Å². The second kappa shape index (κ2) is 10.8. The van der Waals surface area contributed by atoms with Crippen LogP contribution in [0.4, 0.5) is 0 Å². The number of rotatable bonds is 9. The zero-order valence-corrected chi connectivity index (χ0v) is 19.4. The van der Waals surface area contributed by atoms with Crippen LogP contribution in [0, 0.1) is 0 Å². The Morgan fingerprint density at radius 1 is 1.21 bits per heavy atom. The number of benzene rings is 2. The van der Waals surface area contributed by atoms with E-state index < -0.39 is 28.4 Å². The largest absolute Gasteiger partial charge is 0.493 e. The molecule has 0 spiro atoms. The zero-order valence-electron chi connectivity index (χ0n) is 17.9. The number of morpholine rings is 1. The highest BCUT2D eigenvalue weighted by Crippen LogP contribution is 2.36. The molecule has 1 aliphatic heterocycles. The summed E-state index contributed by atoms with van der Waals surface area (Å²) in [5.41, 5.74) is 5.69. The van der Waals surface area contributed by atoms with Crippen LogP contribution in [0.3, 0.4) is 0 Å². The number of hydrogen-bond donors (Lipinski definition) is 2. The van der Waals surface area contributed by atoms with Gasteiger partial charge in [-0.05, 0) is 23.8 Å². The van der Waals surface area contributed by atoms with E-state index in [0.29, 0.717) is 18.8 Å². The minimum atomic E-state index is -3.73. The van der Waals surface area contributed by atoms with Crippen molar-refractivity contribution >= 4 is 33.4 Å². The van der Waals surface area contributed by atoms with Crippen LogP contribution in [-0.4, -0.2) is 64.6 Å². The molecule has 0 bridgehead atoms. The van der Waals surface area contributed by atoms with Gasteiger partial charge in [0, 0.05) is 25.2 Å². The molecule has 10 nitrogen and oxygen atoms in total. The fourth-order valence-electron chi connectivity index (χ4n) is 3.24. The molecule has 1 saturated heterocycles. The predicted molar refractivity (Wildman–Crippen MR) is 120 cm³/mol. The smallest absolute Gasteiger partial charge is 0.255 e. The third-order valence-corrected chi connectivity index (χ3v) is 7.13.